The van der Waals surface area contributed by atoms with Crippen molar-refractivity contribution in [3.63, 3.8) is 0 Å². The van der Waals surface area contributed by atoms with Crippen molar-refractivity contribution >= 4 is 51.2 Å². The summed E-state index contributed by atoms with van der Waals surface area (Å²) in [5.74, 6) is -0.285. The van der Waals surface area contributed by atoms with Crippen LogP contribution in [0.3, 0.4) is 0 Å². The molecule has 3 heterocycles. The predicted octanol–water partition coefficient (Wildman–Crippen LogP) is 5.50. The van der Waals surface area contributed by atoms with Gasteiger partial charge in [-0.05, 0) is 62.8 Å². The SMILES string of the molecule is [C-]#[N+]c1ccc(N2C(=O)C(C)(C)N(c3cc(F)c4nc(CC)nc(-c5cnc[nH]5)c4c3)C2=S)cc1C. The first-order chi connectivity index (χ1) is 17.2. The average molecular weight is 500 g/mol. The molecule has 2 aromatic heterocycles. The number of nitrogens with zero attached hydrogens (tertiary/aromatic N) is 6. The third-order valence-corrected chi connectivity index (χ3v) is 6.71. The monoisotopic (exact) mass is 499 g/mol. The number of imidazole rings is 1. The Morgan fingerprint density at radius 2 is 1.97 bits per heavy atom. The predicted molar refractivity (Wildman–Crippen MR) is 141 cm³/mol. The highest BCUT2D eigenvalue weighted by molar-refractivity contribution is 7.81. The zero-order valence-corrected chi connectivity index (χ0v) is 20.9. The number of thiocarbonyl (C=S) groups is 1. The molecule has 1 amide bonds. The number of rotatable bonds is 4. The highest BCUT2D eigenvalue weighted by atomic mass is 32.1. The van der Waals surface area contributed by atoms with Gasteiger partial charge in [-0.1, -0.05) is 13.0 Å². The molecule has 5 rings (SSSR count). The summed E-state index contributed by atoms with van der Waals surface area (Å²) in [5, 5.41) is 0.695. The summed E-state index contributed by atoms with van der Waals surface area (Å²) in [4.78, 5) is 36.3. The van der Waals surface area contributed by atoms with Crippen LogP contribution in [-0.2, 0) is 11.2 Å². The minimum Gasteiger partial charge on any atom is -0.343 e. The molecule has 1 aliphatic rings. The Morgan fingerprint density at radius 3 is 2.61 bits per heavy atom. The highest BCUT2D eigenvalue weighted by Gasteiger charge is 2.50. The number of halogens is 1. The van der Waals surface area contributed by atoms with E-state index in [0.717, 1.165) is 5.56 Å². The van der Waals surface area contributed by atoms with Gasteiger partial charge in [0.1, 0.15) is 16.9 Å². The molecule has 36 heavy (non-hydrogen) atoms. The fourth-order valence-electron chi connectivity index (χ4n) is 4.46. The number of amides is 1. The van der Waals surface area contributed by atoms with Gasteiger partial charge in [-0.3, -0.25) is 9.69 Å². The first kappa shape index (κ1) is 23.5. The first-order valence-electron chi connectivity index (χ1n) is 11.3. The molecule has 0 saturated carbocycles. The molecule has 4 aromatic rings. The van der Waals surface area contributed by atoms with Crippen LogP contribution in [0, 0.1) is 19.3 Å². The lowest BCUT2D eigenvalue weighted by molar-refractivity contribution is -0.120. The molecular formula is C26H22FN7OS. The summed E-state index contributed by atoms with van der Waals surface area (Å²) in [6, 6.07) is 8.23. The van der Waals surface area contributed by atoms with Crippen molar-refractivity contribution in [2.75, 3.05) is 9.80 Å². The molecule has 0 aliphatic carbocycles. The van der Waals surface area contributed by atoms with Crippen LogP contribution in [0.4, 0.5) is 21.5 Å². The second-order valence-electron chi connectivity index (χ2n) is 9.03. The van der Waals surface area contributed by atoms with E-state index in [1.807, 2.05) is 13.8 Å². The van der Waals surface area contributed by atoms with Gasteiger partial charge in [0.15, 0.2) is 16.6 Å². The lowest BCUT2D eigenvalue weighted by Gasteiger charge is -2.29. The number of hydrogen-bond donors (Lipinski definition) is 1. The average Bonchev–Trinajstić information content (AvgIpc) is 3.44. The van der Waals surface area contributed by atoms with Crippen LogP contribution >= 0.6 is 12.2 Å². The van der Waals surface area contributed by atoms with Gasteiger partial charge < -0.3 is 9.88 Å². The number of benzene rings is 2. The van der Waals surface area contributed by atoms with Crippen molar-refractivity contribution in [2.24, 2.45) is 0 Å². The first-order valence-corrected chi connectivity index (χ1v) is 11.7. The van der Waals surface area contributed by atoms with E-state index in [9.17, 15) is 4.79 Å². The number of carbonyl (C=O) groups excluding carboxylic acids is 1. The number of anilines is 2. The number of nitrogens with one attached hydrogen (secondary N) is 1. The molecular weight excluding hydrogens is 477 g/mol. The number of aromatic amines is 1. The van der Waals surface area contributed by atoms with E-state index >= 15 is 4.39 Å². The number of hydrogen-bond acceptors (Lipinski definition) is 5. The summed E-state index contributed by atoms with van der Waals surface area (Å²) in [7, 11) is 0. The van der Waals surface area contributed by atoms with Gasteiger partial charge in [0, 0.05) is 23.2 Å². The Hall–Kier alpha value is -4.23. The smallest absolute Gasteiger partial charge is 0.259 e. The zero-order chi connectivity index (χ0) is 25.8. The third kappa shape index (κ3) is 3.51. The fraction of sp³-hybridized carbons (Fsp3) is 0.231. The Balaban J connectivity index is 1.68. The normalized spacial score (nSPS) is 15.1. The maximum atomic E-state index is 15.6. The lowest BCUT2D eigenvalue weighted by Crippen LogP contribution is -2.44. The summed E-state index contributed by atoms with van der Waals surface area (Å²) < 4.78 is 15.6. The van der Waals surface area contributed by atoms with Crippen LogP contribution in [0.15, 0.2) is 42.9 Å². The minimum atomic E-state index is -1.10. The second-order valence-corrected chi connectivity index (χ2v) is 9.40. The molecule has 0 radical (unpaired) electrons. The van der Waals surface area contributed by atoms with E-state index in [-0.39, 0.29) is 16.5 Å². The molecule has 1 aliphatic heterocycles. The van der Waals surface area contributed by atoms with Crippen molar-refractivity contribution in [1.82, 2.24) is 19.9 Å². The molecule has 8 nitrogen and oxygen atoms in total. The van der Waals surface area contributed by atoms with E-state index in [1.54, 1.807) is 49.2 Å². The fourth-order valence-corrected chi connectivity index (χ4v) is 4.98. The standard InChI is InChI=1S/C26H22FN7OS/c1-6-21-31-22-17(23(32-21)20-12-29-13-30-20)10-16(11-18(22)27)34-25(36)33(24(35)26(34,3)4)15-7-8-19(28-5)14(2)9-15/h7-13H,6H2,1-4H3,(H,29,30). The van der Waals surface area contributed by atoms with E-state index in [4.69, 9.17) is 18.8 Å². The molecule has 1 N–H and O–H groups in total. The Kier molecular flexibility index (Phi) is 5.53. The van der Waals surface area contributed by atoms with Crippen molar-refractivity contribution < 1.29 is 9.18 Å². The van der Waals surface area contributed by atoms with Crippen molar-refractivity contribution in [1.29, 1.82) is 0 Å². The number of aryl methyl sites for hydroxylation is 2. The van der Waals surface area contributed by atoms with Gasteiger partial charge in [-0.15, -0.1) is 0 Å². The van der Waals surface area contributed by atoms with Crippen LogP contribution in [0.1, 0.15) is 32.2 Å². The Morgan fingerprint density at radius 1 is 1.19 bits per heavy atom. The van der Waals surface area contributed by atoms with Crippen molar-refractivity contribution in [3.8, 4) is 11.4 Å². The highest BCUT2D eigenvalue weighted by Crippen LogP contribution is 2.40. The largest absolute Gasteiger partial charge is 0.343 e. The second kappa shape index (κ2) is 8.46. The molecule has 180 valence electrons. The zero-order valence-electron chi connectivity index (χ0n) is 20.1. The van der Waals surface area contributed by atoms with Crippen molar-refractivity contribution in [2.45, 2.75) is 39.7 Å². The molecule has 1 fully saturated rings. The van der Waals surface area contributed by atoms with Gasteiger partial charge >= 0.3 is 0 Å². The minimum absolute atomic E-state index is 0.187. The van der Waals surface area contributed by atoms with E-state index in [1.165, 1.54) is 17.3 Å². The Bertz CT molecular complexity index is 1590. The van der Waals surface area contributed by atoms with Crippen LogP contribution < -0.4 is 9.80 Å². The van der Waals surface area contributed by atoms with Gasteiger partial charge in [0.2, 0.25) is 0 Å². The van der Waals surface area contributed by atoms with Crippen LogP contribution in [0.25, 0.3) is 27.1 Å². The number of fused-ring (bicyclic) bond motifs is 1. The molecule has 0 bridgehead atoms. The lowest BCUT2D eigenvalue weighted by atomic mass is 10.0. The number of H-pyrrole nitrogens is 1. The van der Waals surface area contributed by atoms with E-state index < -0.39 is 11.4 Å². The van der Waals surface area contributed by atoms with Gasteiger partial charge in [0.05, 0.1) is 30.5 Å². The molecule has 10 heteroatoms. The van der Waals surface area contributed by atoms with Crippen LogP contribution in [-0.4, -0.2) is 36.5 Å². The third-order valence-electron chi connectivity index (χ3n) is 6.34. The summed E-state index contributed by atoms with van der Waals surface area (Å²) >= 11 is 5.78. The van der Waals surface area contributed by atoms with Crippen LogP contribution in [0.2, 0.25) is 0 Å². The molecule has 0 spiro atoms. The molecule has 0 atom stereocenters. The molecule has 2 aromatic carbocycles. The van der Waals surface area contributed by atoms with Gasteiger partial charge in [0.25, 0.3) is 5.91 Å². The van der Waals surface area contributed by atoms with Crippen LogP contribution in [0.5, 0.6) is 0 Å². The quantitative estimate of drug-likeness (QED) is 0.295. The summed E-state index contributed by atoms with van der Waals surface area (Å²) in [5.41, 5.74) is 2.45. The summed E-state index contributed by atoms with van der Waals surface area (Å²) in [6.07, 6.45) is 3.69. The Labute approximate surface area is 212 Å². The molecule has 0 unspecified atom stereocenters. The molecule has 1 saturated heterocycles. The number of aromatic nitrogens is 4. The number of carbonyl (C=O) groups is 1. The van der Waals surface area contributed by atoms with E-state index in [0.29, 0.717) is 46.1 Å². The van der Waals surface area contributed by atoms with Gasteiger partial charge in [-0.2, -0.15) is 0 Å². The maximum Gasteiger partial charge on any atom is 0.259 e. The van der Waals surface area contributed by atoms with E-state index in [2.05, 4.69) is 24.8 Å². The van der Waals surface area contributed by atoms with Gasteiger partial charge in [-0.25, -0.2) is 24.2 Å². The van der Waals surface area contributed by atoms with Crippen molar-refractivity contribution in [3.05, 3.63) is 71.5 Å². The maximum absolute atomic E-state index is 15.6. The topological polar surface area (TPSA) is 82.4 Å². The summed E-state index contributed by atoms with van der Waals surface area (Å²) in [6.45, 7) is 14.5.